The zero-order valence-electron chi connectivity index (χ0n) is 21.5. The number of carbonyl (C=O) groups excluding carboxylic acids is 1. The highest BCUT2D eigenvalue weighted by atomic mass is 79.9. The van der Waals surface area contributed by atoms with Gasteiger partial charge in [0.25, 0.3) is 0 Å². The first kappa shape index (κ1) is 25.6. The van der Waals surface area contributed by atoms with Crippen LogP contribution in [0.5, 0.6) is 0 Å². The quantitative estimate of drug-likeness (QED) is 0.204. The lowest BCUT2D eigenvalue weighted by atomic mass is 10.0. The van der Waals surface area contributed by atoms with Gasteiger partial charge in [-0.3, -0.25) is 4.79 Å². The second-order valence-corrected chi connectivity index (χ2v) is 9.68. The van der Waals surface area contributed by atoms with Crippen LogP contribution in [0.4, 0.5) is 0 Å². The smallest absolute Gasteiger partial charge is 0.244 e. The minimum absolute atomic E-state index is 0. The molecule has 7 aromatic rings. The van der Waals surface area contributed by atoms with E-state index in [1.807, 2.05) is 125 Å². The molecule has 0 radical (unpaired) electrons. The van der Waals surface area contributed by atoms with Gasteiger partial charge in [-0.15, -0.1) is 0 Å². The van der Waals surface area contributed by atoms with E-state index < -0.39 is 0 Å². The number of allylic oxidation sites excluding steroid dienone is 1. The minimum atomic E-state index is 0. The van der Waals surface area contributed by atoms with E-state index in [1.54, 1.807) is 0 Å². The number of ketones is 1. The molecule has 0 aliphatic rings. The molecule has 40 heavy (non-hydrogen) atoms. The fourth-order valence-electron chi connectivity index (χ4n) is 5.01. The summed E-state index contributed by atoms with van der Waals surface area (Å²) in [5.41, 5.74) is 3.27. The van der Waals surface area contributed by atoms with Crippen molar-refractivity contribution in [3.63, 3.8) is 0 Å². The first-order valence-electron chi connectivity index (χ1n) is 12.9. The SMILES string of the molecule is O=C(C[n+]1ccn(CC=C(c2cc3ccccc3o2)c2cc3ccccc3o2)c1)c1ccc2ccccc2c1.[Br-]. The molecule has 3 heterocycles. The molecule has 3 aromatic heterocycles. The summed E-state index contributed by atoms with van der Waals surface area (Å²) in [5, 5.41) is 4.28. The molecule has 0 aliphatic carbocycles. The van der Waals surface area contributed by atoms with Crippen LogP contribution in [0.1, 0.15) is 21.9 Å². The predicted octanol–water partition coefficient (Wildman–Crippen LogP) is 4.44. The van der Waals surface area contributed by atoms with Crippen molar-refractivity contribution < 1.29 is 35.2 Å². The van der Waals surface area contributed by atoms with Crippen molar-refractivity contribution in [2.24, 2.45) is 0 Å². The van der Waals surface area contributed by atoms with E-state index in [1.165, 1.54) is 0 Å². The maximum atomic E-state index is 13.0. The van der Waals surface area contributed by atoms with Crippen molar-refractivity contribution in [2.45, 2.75) is 13.1 Å². The van der Waals surface area contributed by atoms with Gasteiger partial charge in [0.15, 0.2) is 6.54 Å². The number of hydrogen-bond donors (Lipinski definition) is 0. The molecule has 0 aliphatic heterocycles. The lowest BCUT2D eigenvalue weighted by molar-refractivity contribution is -0.682. The number of nitrogens with zero attached hydrogens (tertiary/aromatic N) is 2. The summed E-state index contributed by atoms with van der Waals surface area (Å²) in [7, 11) is 0. The van der Waals surface area contributed by atoms with Gasteiger partial charge < -0.3 is 25.8 Å². The van der Waals surface area contributed by atoms with E-state index in [4.69, 9.17) is 8.83 Å². The standard InChI is InChI=1S/C34H25N2O3.BrH/c37-30(26-14-13-24-7-1-2-8-25(24)19-26)22-36-18-17-35(23-36)16-15-29(33-20-27-9-3-5-11-31(27)38-33)34-21-28-10-4-6-12-32(28)39-34;/h1-15,17-21,23H,16,22H2;1H/q+1;/p-1. The van der Waals surface area contributed by atoms with Gasteiger partial charge in [0, 0.05) is 16.3 Å². The Morgan fingerprint density at radius 3 is 1.98 bits per heavy atom. The molecule has 6 heteroatoms. The third-order valence-electron chi connectivity index (χ3n) is 7.03. The van der Waals surface area contributed by atoms with Gasteiger partial charge in [-0.1, -0.05) is 72.8 Å². The maximum absolute atomic E-state index is 13.0. The zero-order chi connectivity index (χ0) is 26.2. The van der Waals surface area contributed by atoms with Crippen molar-refractivity contribution in [2.75, 3.05) is 0 Å². The summed E-state index contributed by atoms with van der Waals surface area (Å²) < 4.78 is 16.4. The minimum Gasteiger partial charge on any atom is -1.00 e. The molecule has 4 aromatic carbocycles. The number of Topliss-reactive ketones (excluding diaryl/α,β-unsaturated/α-hetero) is 1. The molecular formula is C34H25BrN2O3. The van der Waals surface area contributed by atoms with Crippen molar-refractivity contribution in [1.29, 1.82) is 0 Å². The van der Waals surface area contributed by atoms with Gasteiger partial charge in [-0.2, -0.15) is 0 Å². The maximum Gasteiger partial charge on any atom is 0.244 e. The van der Waals surface area contributed by atoms with Crippen molar-refractivity contribution in [1.82, 2.24) is 4.57 Å². The molecule has 7 rings (SSSR count). The van der Waals surface area contributed by atoms with E-state index in [0.717, 1.165) is 49.8 Å². The average Bonchev–Trinajstić information content (AvgIpc) is 3.71. The molecule has 0 saturated heterocycles. The van der Waals surface area contributed by atoms with Gasteiger partial charge in [0.2, 0.25) is 12.1 Å². The Labute approximate surface area is 241 Å². The Bertz CT molecular complexity index is 1870. The monoisotopic (exact) mass is 588 g/mol. The molecular weight excluding hydrogens is 564 g/mol. The van der Waals surface area contributed by atoms with E-state index >= 15 is 0 Å². The van der Waals surface area contributed by atoms with Crippen LogP contribution in [-0.2, 0) is 13.1 Å². The number of aromatic nitrogens is 2. The Kier molecular flexibility index (Phi) is 6.93. The second kappa shape index (κ2) is 10.8. The van der Waals surface area contributed by atoms with Crippen LogP contribution in [0, 0.1) is 0 Å². The van der Waals surface area contributed by atoms with E-state index in [-0.39, 0.29) is 29.3 Å². The zero-order valence-corrected chi connectivity index (χ0v) is 23.1. The number of benzene rings is 4. The Hall–Kier alpha value is -4.68. The Balaban J connectivity index is 0.00000289. The summed E-state index contributed by atoms with van der Waals surface area (Å²) in [5.74, 6) is 1.58. The van der Waals surface area contributed by atoms with Crippen LogP contribution < -0.4 is 21.5 Å². The summed E-state index contributed by atoms with van der Waals surface area (Å²) in [6.07, 6.45) is 7.95. The highest BCUT2D eigenvalue weighted by molar-refractivity contribution is 5.99. The molecule has 0 saturated carbocycles. The molecule has 5 nitrogen and oxygen atoms in total. The topological polar surface area (TPSA) is 52.2 Å². The van der Waals surface area contributed by atoms with Gasteiger partial charge in [-0.05, 0) is 47.2 Å². The molecule has 0 unspecified atom stereocenters. The molecule has 196 valence electrons. The highest BCUT2D eigenvalue weighted by Crippen LogP contribution is 2.32. The number of carbonyl (C=O) groups is 1. The lowest BCUT2D eigenvalue weighted by Gasteiger charge is -2.02. The molecule has 0 amide bonds. The van der Waals surface area contributed by atoms with E-state index in [0.29, 0.717) is 12.1 Å². The average molecular weight is 589 g/mol. The van der Waals surface area contributed by atoms with Crippen LogP contribution in [0.25, 0.3) is 38.3 Å². The van der Waals surface area contributed by atoms with E-state index in [9.17, 15) is 4.79 Å². The van der Waals surface area contributed by atoms with E-state index in [2.05, 4.69) is 12.1 Å². The third kappa shape index (κ3) is 5.01. The fraction of sp³-hybridized carbons (Fsp3) is 0.0588. The van der Waals surface area contributed by atoms with Crippen LogP contribution in [0.15, 0.2) is 137 Å². The van der Waals surface area contributed by atoms with Crippen molar-refractivity contribution in [3.05, 3.63) is 145 Å². The number of rotatable bonds is 7. The molecule has 0 fully saturated rings. The van der Waals surface area contributed by atoms with Gasteiger partial charge in [-0.25, -0.2) is 9.13 Å². The first-order valence-corrected chi connectivity index (χ1v) is 12.9. The van der Waals surface area contributed by atoms with Gasteiger partial charge >= 0.3 is 0 Å². The number of hydrogen-bond acceptors (Lipinski definition) is 3. The van der Waals surface area contributed by atoms with Crippen molar-refractivity contribution >= 4 is 44.1 Å². The van der Waals surface area contributed by atoms with Crippen LogP contribution >= 0.6 is 0 Å². The number of halogens is 1. The summed E-state index contributed by atoms with van der Waals surface area (Å²) in [6, 6.07) is 34.0. The third-order valence-corrected chi connectivity index (χ3v) is 7.03. The number of fused-ring (bicyclic) bond motifs is 3. The van der Waals surface area contributed by atoms with Crippen LogP contribution in [0.3, 0.4) is 0 Å². The number of para-hydroxylation sites is 2. The van der Waals surface area contributed by atoms with Crippen LogP contribution in [-0.4, -0.2) is 10.4 Å². The highest BCUT2D eigenvalue weighted by Gasteiger charge is 2.17. The molecule has 0 atom stereocenters. The predicted molar refractivity (Wildman–Crippen MR) is 152 cm³/mol. The second-order valence-electron chi connectivity index (χ2n) is 9.68. The summed E-state index contributed by atoms with van der Waals surface area (Å²) in [4.78, 5) is 13.0. The number of furan rings is 2. The Morgan fingerprint density at radius 2 is 1.32 bits per heavy atom. The molecule has 0 N–H and O–H groups in total. The lowest BCUT2D eigenvalue weighted by Crippen LogP contribution is -3.00. The normalized spacial score (nSPS) is 11.1. The molecule has 0 bridgehead atoms. The van der Waals surface area contributed by atoms with Gasteiger partial charge in [0.1, 0.15) is 41.6 Å². The molecule has 0 spiro atoms. The number of imidazole rings is 1. The summed E-state index contributed by atoms with van der Waals surface area (Å²) >= 11 is 0. The fourth-order valence-corrected chi connectivity index (χ4v) is 5.01. The largest absolute Gasteiger partial charge is 1.00 e. The Morgan fingerprint density at radius 1 is 0.725 bits per heavy atom. The van der Waals surface area contributed by atoms with Crippen LogP contribution in [0.2, 0.25) is 0 Å². The van der Waals surface area contributed by atoms with Gasteiger partial charge in [0.05, 0.1) is 5.57 Å². The summed E-state index contributed by atoms with van der Waals surface area (Å²) in [6.45, 7) is 0.857. The first-order chi connectivity index (χ1) is 19.2. The van der Waals surface area contributed by atoms with Crippen molar-refractivity contribution in [3.8, 4) is 0 Å².